The average molecular weight is 342 g/mol. The molecule has 0 aliphatic carbocycles. The number of carbonyl (C=O) groups is 1. The Kier molecular flexibility index (Phi) is 5.13. The van der Waals surface area contributed by atoms with E-state index in [1.54, 1.807) is 12.4 Å². The van der Waals surface area contributed by atoms with E-state index in [0.29, 0.717) is 5.69 Å². The minimum atomic E-state index is -0.0193. The molecule has 1 aliphatic heterocycles. The summed E-state index contributed by atoms with van der Waals surface area (Å²) in [5.74, 6) is -0.0161. The van der Waals surface area contributed by atoms with Crippen LogP contribution in [0.1, 0.15) is 53.4 Å². The topological polar surface area (TPSA) is 67.2 Å². The fourth-order valence-electron chi connectivity index (χ4n) is 3.38. The average Bonchev–Trinajstić information content (AvgIpc) is 3.20. The second kappa shape index (κ2) is 7.31. The van der Waals surface area contributed by atoms with Gasteiger partial charge in [-0.3, -0.25) is 19.4 Å². The lowest BCUT2D eigenvalue weighted by atomic mass is 10.1. The van der Waals surface area contributed by atoms with Gasteiger partial charge >= 0.3 is 0 Å². The molecule has 0 aromatic carbocycles. The molecule has 0 N–H and O–H groups in total. The second-order valence-electron chi connectivity index (χ2n) is 6.82. The molecule has 2 aromatic rings. The van der Waals surface area contributed by atoms with E-state index in [0.717, 1.165) is 49.6 Å². The summed E-state index contributed by atoms with van der Waals surface area (Å²) >= 11 is 0. The highest BCUT2D eigenvalue weighted by Crippen LogP contribution is 2.31. The van der Waals surface area contributed by atoms with Crippen LogP contribution in [0.15, 0.2) is 18.5 Å². The number of hydrogen-bond donors (Lipinski definition) is 0. The van der Waals surface area contributed by atoms with Gasteiger partial charge in [0.15, 0.2) is 5.69 Å². The Morgan fingerprint density at radius 3 is 2.84 bits per heavy atom. The van der Waals surface area contributed by atoms with Crippen molar-refractivity contribution in [3.63, 3.8) is 0 Å². The van der Waals surface area contributed by atoms with Gasteiger partial charge in [0.2, 0.25) is 0 Å². The van der Waals surface area contributed by atoms with Crippen molar-refractivity contribution in [3.05, 3.63) is 41.2 Å². The van der Waals surface area contributed by atoms with E-state index in [9.17, 15) is 4.79 Å². The van der Waals surface area contributed by atoms with Crippen LogP contribution in [-0.2, 0) is 13.1 Å². The van der Waals surface area contributed by atoms with Gasteiger partial charge in [-0.05, 0) is 46.9 Å². The first-order valence-electron chi connectivity index (χ1n) is 8.80. The van der Waals surface area contributed by atoms with Crippen molar-refractivity contribution < 1.29 is 4.79 Å². The van der Waals surface area contributed by atoms with E-state index in [2.05, 4.69) is 15.0 Å². The minimum absolute atomic E-state index is 0.0161. The largest absolute Gasteiger partial charge is 0.329 e. The zero-order valence-corrected chi connectivity index (χ0v) is 15.4. The first-order valence-corrected chi connectivity index (χ1v) is 8.80. The summed E-state index contributed by atoms with van der Waals surface area (Å²) in [6, 6.07) is 1.85. The van der Waals surface area contributed by atoms with Crippen molar-refractivity contribution in [2.24, 2.45) is 0 Å². The predicted molar refractivity (Wildman–Crippen MR) is 95.1 cm³/mol. The third-order valence-corrected chi connectivity index (χ3v) is 4.54. The molecule has 0 unspecified atom stereocenters. The van der Waals surface area contributed by atoms with Crippen LogP contribution in [0, 0.1) is 6.92 Å². The maximum absolute atomic E-state index is 13.0. The molecule has 0 radical (unpaired) electrons. The Hall–Kier alpha value is -2.28. The van der Waals surface area contributed by atoms with E-state index in [-0.39, 0.29) is 11.9 Å². The zero-order chi connectivity index (χ0) is 18.0. The van der Waals surface area contributed by atoms with Gasteiger partial charge < -0.3 is 9.80 Å². The fourth-order valence-corrected chi connectivity index (χ4v) is 3.38. The quantitative estimate of drug-likeness (QED) is 0.832. The van der Waals surface area contributed by atoms with Crippen LogP contribution in [-0.4, -0.2) is 56.1 Å². The molecule has 25 heavy (non-hydrogen) atoms. The SMILES string of the molecule is CCn1nc(C(=O)N2CCC[C@H]2c2cncc(CN(C)C)n2)cc1C. The standard InChI is InChI=1S/C18H26N6O/c1-5-24-13(2)9-15(21-24)18(25)23-8-6-7-17(23)16-11-19-10-14(20-16)12-22(3)4/h9-11,17H,5-8,12H2,1-4H3/t17-/m0/s1. The monoisotopic (exact) mass is 342 g/mol. The third kappa shape index (κ3) is 3.71. The maximum Gasteiger partial charge on any atom is 0.274 e. The van der Waals surface area contributed by atoms with Gasteiger partial charge in [-0.25, -0.2) is 0 Å². The Morgan fingerprint density at radius 2 is 2.16 bits per heavy atom. The highest BCUT2D eigenvalue weighted by Gasteiger charge is 2.33. The summed E-state index contributed by atoms with van der Waals surface area (Å²) in [6.07, 6.45) is 5.46. The van der Waals surface area contributed by atoms with Crippen LogP contribution >= 0.6 is 0 Å². The molecule has 3 rings (SSSR count). The smallest absolute Gasteiger partial charge is 0.274 e. The van der Waals surface area contributed by atoms with E-state index in [1.165, 1.54) is 0 Å². The number of nitrogens with zero attached hydrogens (tertiary/aromatic N) is 6. The molecule has 134 valence electrons. The first-order chi connectivity index (χ1) is 12.0. The Labute approximate surface area is 148 Å². The molecule has 1 saturated heterocycles. The van der Waals surface area contributed by atoms with Crippen molar-refractivity contribution in [2.45, 2.75) is 45.8 Å². The van der Waals surface area contributed by atoms with Gasteiger partial charge in [0, 0.05) is 31.5 Å². The van der Waals surface area contributed by atoms with E-state index < -0.39 is 0 Å². The lowest BCUT2D eigenvalue weighted by molar-refractivity contribution is 0.0725. The Morgan fingerprint density at radius 1 is 1.36 bits per heavy atom. The molecule has 1 fully saturated rings. The molecule has 2 aromatic heterocycles. The fraction of sp³-hybridized carbons (Fsp3) is 0.556. The lowest BCUT2D eigenvalue weighted by Crippen LogP contribution is -2.31. The molecule has 1 aliphatic rings. The Balaban J connectivity index is 1.83. The minimum Gasteiger partial charge on any atom is -0.329 e. The van der Waals surface area contributed by atoms with E-state index in [1.807, 2.05) is 43.6 Å². The number of rotatable bonds is 5. The van der Waals surface area contributed by atoms with Crippen molar-refractivity contribution >= 4 is 5.91 Å². The molecular formula is C18H26N6O. The summed E-state index contributed by atoms with van der Waals surface area (Å²) in [5, 5.41) is 4.44. The maximum atomic E-state index is 13.0. The Bertz CT molecular complexity index is 754. The van der Waals surface area contributed by atoms with Gasteiger partial charge in [-0.1, -0.05) is 0 Å². The van der Waals surface area contributed by atoms with Crippen molar-refractivity contribution in [1.82, 2.24) is 29.5 Å². The number of aryl methyl sites for hydroxylation is 2. The van der Waals surface area contributed by atoms with Crippen LogP contribution in [0.2, 0.25) is 0 Å². The first kappa shape index (κ1) is 17.5. The second-order valence-corrected chi connectivity index (χ2v) is 6.82. The summed E-state index contributed by atoms with van der Waals surface area (Å²) in [4.78, 5) is 26.0. The molecule has 0 spiro atoms. The molecule has 3 heterocycles. The van der Waals surface area contributed by atoms with E-state index >= 15 is 0 Å². The number of likely N-dealkylation sites (tertiary alicyclic amines) is 1. The number of carbonyl (C=O) groups excluding carboxylic acids is 1. The van der Waals surface area contributed by atoms with Gasteiger partial charge in [0.1, 0.15) is 0 Å². The molecular weight excluding hydrogens is 316 g/mol. The van der Waals surface area contributed by atoms with Crippen LogP contribution < -0.4 is 0 Å². The molecule has 1 atom stereocenters. The van der Waals surface area contributed by atoms with Gasteiger partial charge in [0.25, 0.3) is 5.91 Å². The van der Waals surface area contributed by atoms with Crippen molar-refractivity contribution in [1.29, 1.82) is 0 Å². The molecule has 0 saturated carbocycles. The third-order valence-electron chi connectivity index (χ3n) is 4.54. The number of amides is 1. The molecule has 7 heteroatoms. The highest BCUT2D eigenvalue weighted by molar-refractivity contribution is 5.92. The van der Waals surface area contributed by atoms with Crippen LogP contribution in [0.5, 0.6) is 0 Å². The molecule has 7 nitrogen and oxygen atoms in total. The van der Waals surface area contributed by atoms with Crippen molar-refractivity contribution in [3.8, 4) is 0 Å². The summed E-state index contributed by atoms with van der Waals surface area (Å²) in [6.45, 7) is 6.24. The van der Waals surface area contributed by atoms with Gasteiger partial charge in [-0.15, -0.1) is 0 Å². The van der Waals surface area contributed by atoms with Gasteiger partial charge in [-0.2, -0.15) is 5.10 Å². The van der Waals surface area contributed by atoms with Crippen molar-refractivity contribution in [2.75, 3.05) is 20.6 Å². The molecule has 1 amide bonds. The molecule has 0 bridgehead atoms. The zero-order valence-electron chi connectivity index (χ0n) is 15.4. The summed E-state index contributed by atoms with van der Waals surface area (Å²) < 4.78 is 1.86. The van der Waals surface area contributed by atoms with Crippen LogP contribution in [0.4, 0.5) is 0 Å². The summed E-state index contributed by atoms with van der Waals surface area (Å²) in [5.41, 5.74) is 3.32. The number of aromatic nitrogens is 4. The normalized spacial score (nSPS) is 17.5. The van der Waals surface area contributed by atoms with Crippen LogP contribution in [0.25, 0.3) is 0 Å². The van der Waals surface area contributed by atoms with Crippen LogP contribution in [0.3, 0.4) is 0 Å². The summed E-state index contributed by atoms with van der Waals surface area (Å²) in [7, 11) is 4.01. The van der Waals surface area contributed by atoms with E-state index in [4.69, 9.17) is 4.98 Å². The predicted octanol–water partition coefficient (Wildman–Crippen LogP) is 2.04. The highest BCUT2D eigenvalue weighted by atomic mass is 16.2. The number of hydrogen-bond acceptors (Lipinski definition) is 5. The lowest BCUT2D eigenvalue weighted by Gasteiger charge is -2.23. The van der Waals surface area contributed by atoms with Gasteiger partial charge in [0.05, 0.1) is 23.6 Å².